The van der Waals surface area contributed by atoms with E-state index in [9.17, 15) is 14.0 Å². The summed E-state index contributed by atoms with van der Waals surface area (Å²) < 4.78 is 21.1. The van der Waals surface area contributed by atoms with Crippen LogP contribution in [0, 0.1) is 11.7 Å². The minimum atomic E-state index is -0.568. The molecule has 4 rings (SSSR count). The monoisotopic (exact) mass is 461 g/mol. The quantitative estimate of drug-likeness (QED) is 0.680. The molecule has 10 nitrogen and oxygen atoms in total. The third-order valence-electron chi connectivity index (χ3n) is 6.60. The number of carbonyl (C=O) groups is 2. The van der Waals surface area contributed by atoms with Crippen molar-refractivity contribution < 1.29 is 18.7 Å². The van der Waals surface area contributed by atoms with E-state index in [2.05, 4.69) is 20.3 Å². The molecule has 33 heavy (non-hydrogen) atoms. The van der Waals surface area contributed by atoms with Crippen LogP contribution in [0.15, 0.2) is 12.4 Å². The first-order valence-corrected chi connectivity index (χ1v) is 11.4. The third-order valence-corrected chi connectivity index (χ3v) is 6.60. The molecular formula is C22H32FN7O3. The van der Waals surface area contributed by atoms with Crippen LogP contribution >= 0.6 is 0 Å². The number of piperidine rings is 1. The lowest BCUT2D eigenvalue weighted by atomic mass is 9.86. The van der Waals surface area contributed by atoms with E-state index in [1.165, 1.54) is 4.52 Å². The van der Waals surface area contributed by atoms with Gasteiger partial charge in [0.2, 0.25) is 5.91 Å². The molecule has 2 aromatic rings. The Hall–Kier alpha value is -2.79. The maximum Gasteiger partial charge on any atom is 0.259 e. The van der Waals surface area contributed by atoms with E-state index in [0.29, 0.717) is 6.54 Å². The van der Waals surface area contributed by atoms with Crippen LogP contribution in [0.25, 0.3) is 5.65 Å². The standard InChI is InChI=1S/C22H32FN7O3/c1-28(2)22(32)13-4-6-15(7-5-13)33-17-8-9-29(3)12-16(17)26-21(31)18-19(24)27-30-11-14(23)10-25-20(18)30/h10-11,13,15-17H,4-9,12H2,1-3H3,(H2,24,27)(H,26,31)/t13-,15+,16?,17?. The summed E-state index contributed by atoms with van der Waals surface area (Å²) in [5.41, 5.74) is 6.29. The molecular weight excluding hydrogens is 429 g/mol. The minimum Gasteiger partial charge on any atom is -0.381 e. The SMILES string of the molecule is CN1CCC(O[C@H]2CC[C@@H](C(=O)N(C)C)CC2)C(NC(=O)c2c(N)nn3cc(F)cnc23)C1. The maximum atomic E-state index is 13.5. The van der Waals surface area contributed by atoms with Crippen LogP contribution in [0.4, 0.5) is 10.2 Å². The summed E-state index contributed by atoms with van der Waals surface area (Å²) >= 11 is 0. The van der Waals surface area contributed by atoms with Crippen molar-refractivity contribution in [2.45, 2.75) is 50.4 Å². The van der Waals surface area contributed by atoms with E-state index >= 15 is 0 Å². The molecule has 0 radical (unpaired) electrons. The molecule has 2 unspecified atom stereocenters. The van der Waals surface area contributed by atoms with Crippen LogP contribution in [0.5, 0.6) is 0 Å². The van der Waals surface area contributed by atoms with Crippen molar-refractivity contribution in [1.29, 1.82) is 0 Å². The fourth-order valence-corrected chi connectivity index (χ4v) is 4.84. The van der Waals surface area contributed by atoms with Crippen LogP contribution < -0.4 is 11.1 Å². The van der Waals surface area contributed by atoms with Crippen LogP contribution in [0.3, 0.4) is 0 Å². The Balaban J connectivity index is 1.42. The summed E-state index contributed by atoms with van der Waals surface area (Å²) in [6.07, 6.45) is 6.14. The van der Waals surface area contributed by atoms with Gasteiger partial charge in [-0.15, -0.1) is 5.10 Å². The number of rotatable bonds is 5. The molecule has 1 aliphatic carbocycles. The molecule has 2 aromatic heterocycles. The van der Waals surface area contributed by atoms with Crippen LogP contribution in [0.2, 0.25) is 0 Å². The summed E-state index contributed by atoms with van der Waals surface area (Å²) in [5.74, 6) is -0.741. The first kappa shape index (κ1) is 23.4. The molecule has 0 spiro atoms. The lowest BCUT2D eigenvalue weighted by Gasteiger charge is -2.40. The number of likely N-dealkylation sites (tertiary alicyclic amines) is 1. The number of carbonyl (C=O) groups excluding carboxylic acids is 2. The number of halogens is 1. The summed E-state index contributed by atoms with van der Waals surface area (Å²) in [4.78, 5) is 33.2. The van der Waals surface area contributed by atoms with Gasteiger partial charge in [-0.2, -0.15) is 0 Å². The van der Waals surface area contributed by atoms with E-state index in [-0.39, 0.29) is 47.1 Å². The first-order chi connectivity index (χ1) is 15.7. The highest BCUT2D eigenvalue weighted by Gasteiger charge is 2.35. The van der Waals surface area contributed by atoms with E-state index < -0.39 is 11.7 Å². The second-order valence-electron chi connectivity index (χ2n) is 9.31. The Morgan fingerprint density at radius 1 is 1.24 bits per heavy atom. The second-order valence-corrected chi connectivity index (χ2v) is 9.31. The van der Waals surface area contributed by atoms with Crippen molar-refractivity contribution in [2.75, 3.05) is 40.0 Å². The van der Waals surface area contributed by atoms with Crippen LogP contribution in [-0.2, 0) is 9.53 Å². The molecule has 11 heteroatoms. The molecule has 1 saturated heterocycles. The number of hydrogen-bond donors (Lipinski definition) is 2. The van der Waals surface area contributed by atoms with Crippen LogP contribution in [0.1, 0.15) is 42.5 Å². The number of nitrogens with one attached hydrogen (secondary N) is 1. The smallest absolute Gasteiger partial charge is 0.259 e. The van der Waals surface area contributed by atoms with Gasteiger partial charge in [0.1, 0.15) is 5.56 Å². The van der Waals surface area contributed by atoms with Crippen LogP contribution in [-0.4, -0.2) is 88.7 Å². The number of aromatic nitrogens is 3. The van der Waals surface area contributed by atoms with Gasteiger partial charge in [0.15, 0.2) is 17.3 Å². The number of likely N-dealkylation sites (N-methyl/N-ethyl adjacent to an activating group) is 1. The lowest BCUT2D eigenvalue weighted by molar-refractivity contribution is -0.136. The predicted octanol–water partition coefficient (Wildman–Crippen LogP) is 0.917. The molecule has 1 aliphatic heterocycles. The van der Waals surface area contributed by atoms with Gasteiger partial charge in [0.05, 0.1) is 30.6 Å². The van der Waals surface area contributed by atoms with Crippen molar-refractivity contribution in [3.63, 3.8) is 0 Å². The number of nitrogen functional groups attached to an aromatic ring is 1. The highest BCUT2D eigenvalue weighted by Crippen LogP contribution is 2.30. The number of anilines is 1. The molecule has 2 atom stereocenters. The number of fused-ring (bicyclic) bond motifs is 1. The summed E-state index contributed by atoms with van der Waals surface area (Å²) in [7, 11) is 5.58. The van der Waals surface area contributed by atoms with Gasteiger partial charge in [-0.25, -0.2) is 13.9 Å². The van der Waals surface area contributed by atoms with E-state index in [4.69, 9.17) is 10.5 Å². The summed E-state index contributed by atoms with van der Waals surface area (Å²) in [5, 5.41) is 7.06. The first-order valence-electron chi connectivity index (χ1n) is 11.4. The van der Waals surface area contributed by atoms with Crippen molar-refractivity contribution >= 4 is 23.3 Å². The van der Waals surface area contributed by atoms with Gasteiger partial charge >= 0.3 is 0 Å². The zero-order valence-electron chi connectivity index (χ0n) is 19.3. The number of hydrogen-bond acceptors (Lipinski definition) is 7. The maximum absolute atomic E-state index is 13.5. The zero-order valence-corrected chi connectivity index (χ0v) is 19.3. The summed E-state index contributed by atoms with van der Waals surface area (Å²) in [6.45, 7) is 1.50. The van der Waals surface area contributed by atoms with Gasteiger partial charge in [0, 0.05) is 33.1 Å². The highest BCUT2D eigenvalue weighted by molar-refractivity contribution is 6.04. The topological polar surface area (TPSA) is 118 Å². The molecule has 3 heterocycles. The molecule has 2 fully saturated rings. The largest absolute Gasteiger partial charge is 0.381 e. The molecule has 3 N–H and O–H groups in total. The summed E-state index contributed by atoms with van der Waals surface area (Å²) in [6, 6.07) is -0.243. The van der Waals surface area contributed by atoms with Gasteiger partial charge in [0.25, 0.3) is 5.91 Å². The Labute approximate surface area is 192 Å². The van der Waals surface area contributed by atoms with Gasteiger partial charge in [-0.1, -0.05) is 0 Å². The van der Waals surface area contributed by atoms with Crippen molar-refractivity contribution in [3.05, 3.63) is 23.8 Å². The number of amides is 2. The Bertz CT molecular complexity index is 1020. The Morgan fingerprint density at radius 3 is 2.67 bits per heavy atom. The van der Waals surface area contributed by atoms with Gasteiger partial charge < -0.3 is 25.6 Å². The molecule has 2 amide bonds. The zero-order chi connectivity index (χ0) is 23.7. The average Bonchev–Trinajstić information content (AvgIpc) is 3.10. The predicted molar refractivity (Wildman–Crippen MR) is 120 cm³/mol. The van der Waals surface area contributed by atoms with Gasteiger partial charge in [-0.3, -0.25) is 9.59 Å². The van der Waals surface area contributed by atoms with Crippen molar-refractivity contribution in [1.82, 2.24) is 29.7 Å². The van der Waals surface area contributed by atoms with Gasteiger partial charge in [-0.05, 0) is 39.2 Å². The normalized spacial score (nSPS) is 26.3. The van der Waals surface area contributed by atoms with E-state index in [1.807, 2.05) is 7.05 Å². The van der Waals surface area contributed by atoms with Crippen molar-refractivity contribution in [3.8, 4) is 0 Å². The van der Waals surface area contributed by atoms with Crippen molar-refractivity contribution in [2.24, 2.45) is 5.92 Å². The number of nitrogens with zero attached hydrogens (tertiary/aromatic N) is 5. The number of ether oxygens (including phenoxy) is 1. The minimum absolute atomic E-state index is 0.00360. The van der Waals surface area contributed by atoms with E-state index in [0.717, 1.165) is 51.0 Å². The highest BCUT2D eigenvalue weighted by atomic mass is 19.1. The average molecular weight is 462 g/mol. The third kappa shape index (κ3) is 5.09. The molecule has 0 aromatic carbocycles. The molecule has 2 aliphatic rings. The number of nitrogens with two attached hydrogens (primary N) is 1. The Kier molecular flexibility index (Phi) is 6.80. The molecule has 0 bridgehead atoms. The lowest BCUT2D eigenvalue weighted by Crippen LogP contribution is -2.56. The molecule has 180 valence electrons. The Morgan fingerprint density at radius 2 is 1.97 bits per heavy atom. The fraction of sp³-hybridized carbons (Fsp3) is 0.636. The second kappa shape index (κ2) is 9.60. The molecule has 1 saturated carbocycles. The van der Waals surface area contributed by atoms with E-state index in [1.54, 1.807) is 19.0 Å². The fourth-order valence-electron chi connectivity index (χ4n) is 4.84.